The maximum absolute atomic E-state index is 14.5. The van der Waals surface area contributed by atoms with Crippen LogP contribution in [0.3, 0.4) is 0 Å². The van der Waals surface area contributed by atoms with Crippen LogP contribution in [0.15, 0.2) is 84.9 Å². The van der Waals surface area contributed by atoms with Crippen LogP contribution in [-0.2, 0) is 0 Å². The lowest BCUT2D eigenvalue weighted by Crippen LogP contribution is -1.90. The predicted octanol–water partition coefficient (Wildman–Crippen LogP) is 7.90. The van der Waals surface area contributed by atoms with Gasteiger partial charge in [0.2, 0.25) is 0 Å². The summed E-state index contributed by atoms with van der Waals surface area (Å²) in [5, 5.41) is 11.6. The van der Waals surface area contributed by atoms with E-state index < -0.39 is 0 Å². The molecular weight excluding hydrogens is 343 g/mol. The Morgan fingerprint density at radius 2 is 0.929 bits per heavy atom. The monoisotopic (exact) mass is 360 g/mol. The zero-order valence-corrected chi connectivity index (χ0v) is 15.5. The molecular formula is C27H17F. The molecule has 0 fully saturated rings. The third kappa shape index (κ3) is 2.05. The van der Waals surface area contributed by atoms with Gasteiger partial charge in [-0.3, -0.25) is 0 Å². The molecule has 0 aliphatic carbocycles. The minimum absolute atomic E-state index is 0.151. The van der Waals surface area contributed by atoms with Gasteiger partial charge in [-0.15, -0.1) is 0 Å². The number of halogens is 1. The summed E-state index contributed by atoms with van der Waals surface area (Å²) in [5.41, 5.74) is 0.716. The van der Waals surface area contributed by atoms with E-state index in [2.05, 4.69) is 72.8 Å². The largest absolute Gasteiger partial charge is 0.207 e. The van der Waals surface area contributed by atoms with Crippen LogP contribution in [0, 0.1) is 12.7 Å². The summed E-state index contributed by atoms with van der Waals surface area (Å²) in [7, 11) is 0. The summed E-state index contributed by atoms with van der Waals surface area (Å²) >= 11 is 0. The van der Waals surface area contributed by atoms with Crippen molar-refractivity contribution in [3.8, 4) is 0 Å². The van der Waals surface area contributed by atoms with Crippen molar-refractivity contribution in [2.45, 2.75) is 6.92 Å². The van der Waals surface area contributed by atoms with Crippen molar-refractivity contribution in [1.29, 1.82) is 0 Å². The summed E-state index contributed by atoms with van der Waals surface area (Å²) < 4.78 is 14.5. The van der Waals surface area contributed by atoms with Gasteiger partial charge in [0.15, 0.2) is 0 Å². The Hall–Kier alpha value is -3.45. The highest BCUT2D eigenvalue weighted by Crippen LogP contribution is 2.40. The van der Waals surface area contributed by atoms with Crippen LogP contribution < -0.4 is 0 Å². The molecule has 0 N–H and O–H groups in total. The fourth-order valence-corrected chi connectivity index (χ4v) is 4.61. The zero-order valence-electron chi connectivity index (χ0n) is 15.5. The van der Waals surface area contributed by atoms with Crippen molar-refractivity contribution in [2.75, 3.05) is 0 Å². The van der Waals surface area contributed by atoms with Gasteiger partial charge >= 0.3 is 0 Å². The standard InChI is InChI=1S/C27H17F/c1-16-26(28)11-10-21-22-12-17-6-2-3-7-18(17)13-23(22)24-14-19-8-4-5-9-20(19)15-25(24)27(16)21/h2-15H,1H3. The third-order valence-corrected chi connectivity index (χ3v) is 6.02. The Kier molecular flexibility index (Phi) is 3.08. The van der Waals surface area contributed by atoms with Gasteiger partial charge in [-0.1, -0.05) is 54.6 Å². The molecule has 0 saturated carbocycles. The van der Waals surface area contributed by atoms with Crippen LogP contribution in [0.4, 0.5) is 4.39 Å². The van der Waals surface area contributed by atoms with E-state index in [1.807, 2.05) is 13.0 Å². The molecule has 0 nitrogen and oxygen atoms in total. The van der Waals surface area contributed by atoms with E-state index in [4.69, 9.17) is 0 Å². The van der Waals surface area contributed by atoms with Gasteiger partial charge in [0.1, 0.15) is 5.82 Å². The average Bonchev–Trinajstić information content (AvgIpc) is 2.73. The van der Waals surface area contributed by atoms with E-state index in [0.717, 1.165) is 16.2 Å². The lowest BCUT2D eigenvalue weighted by Gasteiger charge is -2.15. The smallest absolute Gasteiger partial charge is 0.126 e. The molecule has 6 aromatic carbocycles. The number of aryl methyl sites for hydroxylation is 1. The normalized spacial score (nSPS) is 11.9. The Labute approximate surface area is 161 Å². The van der Waals surface area contributed by atoms with Crippen molar-refractivity contribution < 1.29 is 4.39 Å². The fraction of sp³-hybridized carbons (Fsp3) is 0.0370. The average molecular weight is 360 g/mol. The molecule has 0 aromatic heterocycles. The van der Waals surface area contributed by atoms with Crippen LogP contribution >= 0.6 is 0 Å². The second kappa shape index (κ2) is 5.53. The Morgan fingerprint density at radius 1 is 0.500 bits per heavy atom. The van der Waals surface area contributed by atoms with Crippen molar-refractivity contribution in [2.24, 2.45) is 0 Å². The lowest BCUT2D eigenvalue weighted by molar-refractivity contribution is 0.621. The maximum atomic E-state index is 14.5. The summed E-state index contributed by atoms with van der Waals surface area (Å²) in [5.74, 6) is -0.151. The van der Waals surface area contributed by atoms with Crippen LogP contribution in [-0.4, -0.2) is 0 Å². The second-order valence-corrected chi connectivity index (χ2v) is 7.58. The molecule has 6 rings (SSSR count). The highest BCUT2D eigenvalue weighted by molar-refractivity contribution is 6.29. The molecule has 0 unspecified atom stereocenters. The molecule has 0 aliphatic heterocycles. The summed E-state index contributed by atoms with van der Waals surface area (Å²) in [6.07, 6.45) is 0. The highest BCUT2D eigenvalue weighted by Gasteiger charge is 2.14. The van der Waals surface area contributed by atoms with Crippen molar-refractivity contribution in [1.82, 2.24) is 0 Å². The van der Waals surface area contributed by atoms with E-state index in [9.17, 15) is 4.39 Å². The third-order valence-electron chi connectivity index (χ3n) is 6.02. The second-order valence-electron chi connectivity index (χ2n) is 7.58. The molecule has 0 spiro atoms. The van der Waals surface area contributed by atoms with Gasteiger partial charge in [0.25, 0.3) is 0 Å². The number of hydrogen-bond acceptors (Lipinski definition) is 0. The van der Waals surface area contributed by atoms with Gasteiger partial charge in [0.05, 0.1) is 0 Å². The number of fused-ring (bicyclic) bond motifs is 8. The first-order valence-electron chi connectivity index (χ1n) is 9.56. The van der Waals surface area contributed by atoms with Crippen LogP contribution in [0.1, 0.15) is 5.56 Å². The van der Waals surface area contributed by atoms with Crippen molar-refractivity contribution in [3.05, 3.63) is 96.3 Å². The van der Waals surface area contributed by atoms with E-state index in [1.54, 1.807) is 6.07 Å². The number of benzene rings is 6. The van der Waals surface area contributed by atoms with Crippen LogP contribution in [0.25, 0.3) is 53.9 Å². The van der Waals surface area contributed by atoms with Gasteiger partial charge in [-0.05, 0) is 96.7 Å². The molecule has 6 aromatic rings. The molecule has 0 amide bonds. The van der Waals surface area contributed by atoms with E-state index in [-0.39, 0.29) is 5.82 Å². The molecule has 1 heteroatoms. The lowest BCUT2D eigenvalue weighted by atomic mass is 9.89. The molecule has 28 heavy (non-hydrogen) atoms. The molecule has 132 valence electrons. The topological polar surface area (TPSA) is 0 Å². The fourth-order valence-electron chi connectivity index (χ4n) is 4.61. The highest BCUT2D eigenvalue weighted by atomic mass is 19.1. The van der Waals surface area contributed by atoms with Gasteiger partial charge in [0, 0.05) is 0 Å². The molecule has 0 heterocycles. The summed E-state index contributed by atoms with van der Waals surface area (Å²) in [4.78, 5) is 0. The summed E-state index contributed by atoms with van der Waals surface area (Å²) in [6, 6.07) is 29.4. The number of rotatable bonds is 0. The van der Waals surface area contributed by atoms with Crippen LogP contribution in [0.5, 0.6) is 0 Å². The first kappa shape index (κ1) is 15.6. The Bertz CT molecular complexity index is 1570. The molecule has 0 atom stereocenters. The molecule has 0 bridgehead atoms. The first-order valence-corrected chi connectivity index (χ1v) is 9.56. The number of hydrogen-bond donors (Lipinski definition) is 0. The van der Waals surface area contributed by atoms with E-state index >= 15 is 0 Å². The molecule has 0 radical (unpaired) electrons. The van der Waals surface area contributed by atoms with Crippen LogP contribution in [0.2, 0.25) is 0 Å². The zero-order chi connectivity index (χ0) is 18.8. The van der Waals surface area contributed by atoms with Gasteiger partial charge < -0.3 is 0 Å². The van der Waals surface area contributed by atoms with E-state index in [1.165, 1.54) is 37.7 Å². The van der Waals surface area contributed by atoms with Gasteiger partial charge in [-0.2, -0.15) is 0 Å². The predicted molar refractivity (Wildman–Crippen MR) is 119 cm³/mol. The SMILES string of the molecule is Cc1c(F)ccc2c3cc4ccccc4cc3c3cc4ccccc4cc3c12. The Morgan fingerprint density at radius 3 is 1.46 bits per heavy atom. The summed E-state index contributed by atoms with van der Waals surface area (Å²) in [6.45, 7) is 1.89. The minimum atomic E-state index is -0.151. The Balaban J connectivity index is 1.99. The maximum Gasteiger partial charge on any atom is 0.126 e. The minimum Gasteiger partial charge on any atom is -0.207 e. The first-order chi connectivity index (χ1) is 13.7. The van der Waals surface area contributed by atoms with Gasteiger partial charge in [-0.25, -0.2) is 4.39 Å². The van der Waals surface area contributed by atoms with E-state index in [0.29, 0.717) is 5.56 Å². The molecule has 0 aliphatic rings. The van der Waals surface area contributed by atoms with Crippen molar-refractivity contribution in [3.63, 3.8) is 0 Å². The van der Waals surface area contributed by atoms with Crippen molar-refractivity contribution >= 4 is 53.9 Å². The quantitative estimate of drug-likeness (QED) is 0.191. The molecule has 0 saturated heterocycles.